The van der Waals surface area contributed by atoms with Crippen molar-refractivity contribution in [1.29, 1.82) is 0 Å². The average molecular weight is 1340 g/mol. The van der Waals surface area contributed by atoms with Gasteiger partial charge in [-0.25, -0.2) is 9.13 Å². The minimum absolute atomic E-state index is 0.0837. The fourth-order valence-electron chi connectivity index (χ4n) is 10.3. The lowest BCUT2D eigenvalue weighted by molar-refractivity contribution is -0.161. The minimum atomic E-state index is -4.96. The summed E-state index contributed by atoms with van der Waals surface area (Å²) < 4.78 is 68.3. The maximum Gasteiger partial charge on any atom is 0.472 e. The van der Waals surface area contributed by atoms with Gasteiger partial charge < -0.3 is 33.8 Å². The Kier molecular flexibility index (Phi) is 60.7. The number of esters is 4. The number of hydrogen-bond acceptors (Lipinski definition) is 15. The first kappa shape index (κ1) is 88.5. The van der Waals surface area contributed by atoms with Crippen molar-refractivity contribution in [2.24, 2.45) is 17.8 Å². The average Bonchev–Trinajstić information content (AvgIpc) is 2.90. The second-order valence-electron chi connectivity index (χ2n) is 26.5. The van der Waals surface area contributed by atoms with Crippen molar-refractivity contribution in [3.8, 4) is 0 Å². The number of hydrogen-bond donors (Lipinski definition) is 3. The van der Waals surface area contributed by atoms with Gasteiger partial charge in [-0.15, -0.1) is 0 Å². The zero-order valence-electron chi connectivity index (χ0n) is 58.8. The Morgan fingerprint density at radius 1 is 0.363 bits per heavy atom. The molecule has 0 aromatic heterocycles. The van der Waals surface area contributed by atoms with Crippen molar-refractivity contribution in [2.75, 3.05) is 39.6 Å². The summed E-state index contributed by atoms with van der Waals surface area (Å²) in [5.41, 5.74) is 0. The van der Waals surface area contributed by atoms with Crippen molar-refractivity contribution in [3.63, 3.8) is 0 Å². The predicted molar refractivity (Wildman–Crippen MR) is 367 cm³/mol. The zero-order valence-corrected chi connectivity index (χ0v) is 60.6. The van der Waals surface area contributed by atoms with Crippen LogP contribution < -0.4 is 0 Å². The Hall–Kier alpha value is -2.46. The molecule has 0 saturated heterocycles. The number of phosphoric ester groups is 2. The van der Waals surface area contributed by atoms with Gasteiger partial charge in [-0.2, -0.15) is 0 Å². The van der Waals surface area contributed by atoms with Gasteiger partial charge in [0.2, 0.25) is 0 Å². The quantitative estimate of drug-likeness (QED) is 0.0169. The molecule has 0 saturated carbocycles. The Balaban J connectivity index is 5.25. The molecule has 0 radical (unpaired) electrons. The summed E-state index contributed by atoms with van der Waals surface area (Å²) >= 11 is 0. The second kappa shape index (κ2) is 62.4. The van der Waals surface area contributed by atoms with E-state index in [1.165, 1.54) is 128 Å². The molecular weight excluding hydrogens is 1200 g/mol. The molecule has 536 valence electrons. The monoisotopic (exact) mass is 1330 g/mol. The summed E-state index contributed by atoms with van der Waals surface area (Å²) in [6.07, 6.45) is 49.5. The van der Waals surface area contributed by atoms with Crippen LogP contribution in [0, 0.1) is 17.8 Å². The van der Waals surface area contributed by atoms with E-state index in [0.717, 1.165) is 121 Å². The molecule has 17 nitrogen and oxygen atoms in total. The van der Waals surface area contributed by atoms with Crippen molar-refractivity contribution < 1.29 is 80.2 Å². The standard InChI is InChI=1S/C72H136O17P2/c1-8-10-11-12-13-14-15-16-17-20-24-27-32-41-48-55-71(76)88-67(59-83-70(75)54-47-40-33-28-30-37-44-51-64(5)6)61-86-90(78,79)84-57-66(73)58-85-91(80,81)87-62-68(89-72(77)56-49-42-35-34-38-45-52-65(7)9-2)60-82-69(74)53-46-39-31-26-23-21-18-19-22-25-29-36-43-50-63(3)4/h14-17,63-68,73H,8-13,18-62H2,1-7H3,(H,78,79)(H,80,81)/b15-14-,17-16-/t65?,66?,67-,68-/m1/s1. The van der Waals surface area contributed by atoms with E-state index in [1.807, 2.05) is 0 Å². The number of phosphoric acid groups is 2. The lowest BCUT2D eigenvalue weighted by Gasteiger charge is -2.21. The summed E-state index contributed by atoms with van der Waals surface area (Å²) in [5.74, 6) is 0.0516. The van der Waals surface area contributed by atoms with Gasteiger partial charge in [-0.1, -0.05) is 285 Å². The number of aliphatic hydroxyl groups is 1. The first-order valence-electron chi connectivity index (χ1n) is 36.7. The fourth-order valence-corrected chi connectivity index (χ4v) is 11.9. The summed E-state index contributed by atoms with van der Waals surface area (Å²) in [4.78, 5) is 72.6. The smallest absolute Gasteiger partial charge is 0.462 e. The lowest BCUT2D eigenvalue weighted by atomic mass is 10.00. The van der Waals surface area contributed by atoms with Crippen molar-refractivity contribution in [1.82, 2.24) is 0 Å². The van der Waals surface area contributed by atoms with Gasteiger partial charge in [0.25, 0.3) is 0 Å². The first-order chi connectivity index (χ1) is 43.8. The summed E-state index contributed by atoms with van der Waals surface area (Å²) in [7, 11) is -9.92. The number of aliphatic hydroxyl groups excluding tert-OH is 1. The largest absolute Gasteiger partial charge is 0.472 e. The van der Waals surface area contributed by atoms with Crippen LogP contribution in [0.15, 0.2) is 24.3 Å². The van der Waals surface area contributed by atoms with E-state index < -0.39 is 97.5 Å². The maximum absolute atomic E-state index is 13.0. The number of ether oxygens (including phenoxy) is 4. The number of rotatable bonds is 68. The molecule has 0 spiro atoms. The molecule has 0 rings (SSSR count). The molecule has 0 aliphatic heterocycles. The number of unbranched alkanes of at least 4 members (excludes halogenated alkanes) is 32. The number of allylic oxidation sites excluding steroid dienone is 4. The number of carbonyl (C=O) groups excluding carboxylic acids is 4. The van der Waals surface area contributed by atoms with Crippen molar-refractivity contribution >= 4 is 39.5 Å². The molecule has 3 N–H and O–H groups in total. The highest BCUT2D eigenvalue weighted by Crippen LogP contribution is 2.45. The van der Waals surface area contributed by atoms with E-state index in [2.05, 4.69) is 72.8 Å². The molecular formula is C72H136O17P2. The minimum Gasteiger partial charge on any atom is -0.462 e. The second-order valence-corrected chi connectivity index (χ2v) is 29.4. The molecule has 4 unspecified atom stereocenters. The lowest BCUT2D eigenvalue weighted by Crippen LogP contribution is -2.30. The molecule has 0 aliphatic carbocycles. The molecule has 0 fully saturated rings. The Bertz CT molecular complexity index is 1880. The van der Waals surface area contributed by atoms with Crippen LogP contribution >= 0.6 is 15.6 Å². The number of carbonyl (C=O) groups is 4. The topological polar surface area (TPSA) is 237 Å². The normalized spacial score (nSPS) is 14.6. The molecule has 0 bridgehead atoms. The molecule has 91 heavy (non-hydrogen) atoms. The fraction of sp³-hybridized carbons (Fsp3) is 0.889. The Labute approximate surface area is 554 Å². The highest BCUT2D eigenvalue weighted by molar-refractivity contribution is 7.47. The molecule has 6 atom stereocenters. The zero-order chi connectivity index (χ0) is 67.3. The van der Waals surface area contributed by atoms with E-state index >= 15 is 0 Å². The third kappa shape index (κ3) is 64.6. The van der Waals surface area contributed by atoms with Crippen LogP contribution in [0.1, 0.15) is 337 Å². The third-order valence-corrected chi connectivity index (χ3v) is 18.3. The van der Waals surface area contributed by atoms with Gasteiger partial charge in [0.05, 0.1) is 26.4 Å². The van der Waals surface area contributed by atoms with E-state index in [0.29, 0.717) is 31.6 Å². The summed E-state index contributed by atoms with van der Waals surface area (Å²) in [6.45, 7) is 11.7. The highest BCUT2D eigenvalue weighted by atomic mass is 31.2. The van der Waals surface area contributed by atoms with Gasteiger partial charge >= 0.3 is 39.5 Å². The molecule has 19 heteroatoms. The van der Waals surface area contributed by atoms with Crippen LogP contribution in [0.3, 0.4) is 0 Å². The van der Waals surface area contributed by atoms with E-state index in [9.17, 15) is 43.2 Å². The van der Waals surface area contributed by atoms with Gasteiger partial charge in [-0.3, -0.25) is 37.3 Å². The third-order valence-electron chi connectivity index (χ3n) is 16.4. The summed E-state index contributed by atoms with van der Waals surface area (Å²) in [6, 6.07) is 0. The van der Waals surface area contributed by atoms with E-state index in [-0.39, 0.29) is 25.7 Å². The molecule has 0 aromatic rings. The van der Waals surface area contributed by atoms with Crippen molar-refractivity contribution in [2.45, 2.75) is 356 Å². The van der Waals surface area contributed by atoms with Gasteiger partial charge in [0.1, 0.15) is 19.3 Å². The highest BCUT2D eigenvalue weighted by Gasteiger charge is 2.30. The Morgan fingerprint density at radius 3 is 0.978 bits per heavy atom. The SMILES string of the molecule is CCCCCC/C=C\C=C/CCCCCCCC(=O)O[C@H](COC(=O)CCCCCCCCCC(C)C)COP(=O)(O)OCC(O)COP(=O)(O)OC[C@@H](COC(=O)CCCCCCCCCCCCCCCC(C)C)OC(=O)CCCCCCCCC(C)CC. The predicted octanol–water partition coefficient (Wildman–Crippen LogP) is 20.2. The Morgan fingerprint density at radius 2 is 0.648 bits per heavy atom. The van der Waals surface area contributed by atoms with Crippen LogP contribution in [0.4, 0.5) is 0 Å². The van der Waals surface area contributed by atoms with E-state index in [1.54, 1.807) is 0 Å². The summed E-state index contributed by atoms with van der Waals surface area (Å²) in [5, 5.41) is 10.6. The van der Waals surface area contributed by atoms with Gasteiger partial charge in [0, 0.05) is 25.7 Å². The van der Waals surface area contributed by atoms with Crippen LogP contribution in [0.5, 0.6) is 0 Å². The van der Waals surface area contributed by atoms with Crippen LogP contribution in [-0.4, -0.2) is 96.7 Å². The van der Waals surface area contributed by atoms with E-state index in [4.69, 9.17) is 37.0 Å². The first-order valence-corrected chi connectivity index (χ1v) is 39.7. The molecule has 0 heterocycles. The maximum atomic E-state index is 13.0. The molecule has 0 aliphatic rings. The molecule has 0 amide bonds. The van der Waals surface area contributed by atoms with Crippen molar-refractivity contribution in [3.05, 3.63) is 24.3 Å². The van der Waals surface area contributed by atoms with Gasteiger partial charge in [-0.05, 0) is 69.1 Å². The van der Waals surface area contributed by atoms with Crippen LogP contribution in [0.2, 0.25) is 0 Å². The van der Waals surface area contributed by atoms with Gasteiger partial charge in [0.15, 0.2) is 12.2 Å². The van der Waals surface area contributed by atoms with Crippen LogP contribution in [0.25, 0.3) is 0 Å². The van der Waals surface area contributed by atoms with Crippen LogP contribution in [-0.2, 0) is 65.4 Å². The molecule has 0 aromatic carbocycles.